The molecular formula is C22H26ClNO4. The van der Waals surface area contributed by atoms with Gasteiger partial charge in [-0.1, -0.05) is 57.5 Å². The summed E-state index contributed by atoms with van der Waals surface area (Å²) in [4.78, 5) is 24.2. The van der Waals surface area contributed by atoms with E-state index in [0.717, 1.165) is 16.8 Å². The van der Waals surface area contributed by atoms with Gasteiger partial charge in [0, 0.05) is 10.7 Å². The van der Waals surface area contributed by atoms with E-state index in [9.17, 15) is 9.59 Å². The van der Waals surface area contributed by atoms with Crippen LogP contribution in [0.15, 0.2) is 42.5 Å². The Balaban J connectivity index is 1.91. The third kappa shape index (κ3) is 6.27. The molecule has 0 atom stereocenters. The van der Waals surface area contributed by atoms with Gasteiger partial charge in [0.05, 0.1) is 0 Å². The molecule has 0 fully saturated rings. The molecule has 2 rings (SSSR count). The number of carbonyl (C=O) groups excluding carboxylic acids is 2. The SMILES string of the molecule is CC(C)c1cccc(C(C)C)c1NC(=O)COC(=O)COc1ccc(Cl)cc1. The van der Waals surface area contributed by atoms with Crippen LogP contribution < -0.4 is 10.1 Å². The first-order valence-electron chi connectivity index (χ1n) is 9.24. The number of amides is 1. The summed E-state index contributed by atoms with van der Waals surface area (Å²) in [6, 6.07) is 12.6. The Morgan fingerprint density at radius 2 is 1.50 bits per heavy atom. The number of hydrogen-bond acceptors (Lipinski definition) is 4. The first-order valence-corrected chi connectivity index (χ1v) is 9.62. The monoisotopic (exact) mass is 403 g/mol. The number of hydrogen-bond donors (Lipinski definition) is 1. The van der Waals surface area contributed by atoms with Crippen molar-refractivity contribution < 1.29 is 19.1 Å². The summed E-state index contributed by atoms with van der Waals surface area (Å²) >= 11 is 5.79. The molecule has 150 valence electrons. The van der Waals surface area contributed by atoms with Gasteiger partial charge in [-0.15, -0.1) is 0 Å². The maximum atomic E-state index is 12.3. The van der Waals surface area contributed by atoms with Crippen molar-refractivity contribution in [3.8, 4) is 5.75 Å². The second-order valence-corrected chi connectivity index (χ2v) is 7.51. The summed E-state index contributed by atoms with van der Waals surface area (Å²) in [7, 11) is 0. The zero-order valence-electron chi connectivity index (χ0n) is 16.6. The van der Waals surface area contributed by atoms with Crippen molar-refractivity contribution in [1.82, 2.24) is 0 Å². The van der Waals surface area contributed by atoms with Crippen molar-refractivity contribution in [2.75, 3.05) is 18.5 Å². The van der Waals surface area contributed by atoms with Crippen LogP contribution in [-0.4, -0.2) is 25.1 Å². The van der Waals surface area contributed by atoms with Crippen molar-refractivity contribution in [1.29, 1.82) is 0 Å². The van der Waals surface area contributed by atoms with Crippen LogP contribution in [-0.2, 0) is 14.3 Å². The fourth-order valence-electron chi connectivity index (χ4n) is 2.73. The fraction of sp³-hybridized carbons (Fsp3) is 0.364. The lowest BCUT2D eigenvalue weighted by molar-refractivity contribution is -0.149. The van der Waals surface area contributed by atoms with E-state index < -0.39 is 5.97 Å². The van der Waals surface area contributed by atoms with Crippen LogP contribution in [0, 0.1) is 0 Å². The first-order chi connectivity index (χ1) is 13.3. The minimum Gasteiger partial charge on any atom is -0.482 e. The first kappa shape index (κ1) is 21.8. The number of carbonyl (C=O) groups is 2. The zero-order chi connectivity index (χ0) is 20.7. The lowest BCUT2D eigenvalue weighted by Gasteiger charge is -2.20. The van der Waals surface area contributed by atoms with E-state index in [0.29, 0.717) is 10.8 Å². The molecule has 2 aromatic rings. The number of halogens is 1. The summed E-state index contributed by atoms with van der Waals surface area (Å²) in [5, 5.41) is 3.48. The molecule has 1 amide bonds. The topological polar surface area (TPSA) is 64.6 Å². The van der Waals surface area contributed by atoms with Gasteiger partial charge in [0.25, 0.3) is 5.91 Å². The van der Waals surface area contributed by atoms with E-state index in [4.69, 9.17) is 21.1 Å². The third-order valence-electron chi connectivity index (χ3n) is 4.17. The summed E-state index contributed by atoms with van der Waals surface area (Å²) in [6.45, 7) is 7.64. The highest BCUT2D eigenvalue weighted by Gasteiger charge is 2.17. The van der Waals surface area contributed by atoms with Gasteiger partial charge in [-0.25, -0.2) is 4.79 Å². The summed E-state index contributed by atoms with van der Waals surface area (Å²) in [5.41, 5.74) is 2.90. The Hall–Kier alpha value is -2.53. The van der Waals surface area contributed by atoms with Crippen molar-refractivity contribution >= 4 is 29.2 Å². The minimum atomic E-state index is -0.619. The molecule has 0 aliphatic rings. The quantitative estimate of drug-likeness (QED) is 0.619. The smallest absolute Gasteiger partial charge is 0.344 e. The van der Waals surface area contributed by atoms with Gasteiger partial charge in [0.15, 0.2) is 13.2 Å². The van der Waals surface area contributed by atoms with Crippen LogP contribution in [0.3, 0.4) is 0 Å². The van der Waals surface area contributed by atoms with Gasteiger partial charge in [0.1, 0.15) is 5.75 Å². The highest BCUT2D eigenvalue weighted by Crippen LogP contribution is 2.32. The molecule has 6 heteroatoms. The number of anilines is 1. The molecule has 0 aromatic heterocycles. The van der Waals surface area contributed by atoms with Gasteiger partial charge < -0.3 is 14.8 Å². The molecule has 0 aliphatic carbocycles. The Bertz CT molecular complexity index is 790. The Kier molecular flexibility index (Phi) is 7.88. The van der Waals surface area contributed by atoms with E-state index in [1.165, 1.54) is 0 Å². The highest BCUT2D eigenvalue weighted by atomic mass is 35.5. The van der Waals surface area contributed by atoms with Crippen LogP contribution in [0.5, 0.6) is 5.75 Å². The second kappa shape index (κ2) is 10.1. The van der Waals surface area contributed by atoms with E-state index in [1.54, 1.807) is 24.3 Å². The number of ether oxygens (including phenoxy) is 2. The molecule has 28 heavy (non-hydrogen) atoms. The molecular weight excluding hydrogens is 378 g/mol. The predicted molar refractivity (Wildman–Crippen MR) is 111 cm³/mol. The van der Waals surface area contributed by atoms with Crippen LogP contribution in [0.4, 0.5) is 5.69 Å². The van der Waals surface area contributed by atoms with Crippen LogP contribution >= 0.6 is 11.6 Å². The molecule has 0 radical (unpaired) electrons. The zero-order valence-corrected chi connectivity index (χ0v) is 17.4. The van der Waals surface area contributed by atoms with Crippen molar-refractivity contribution in [3.05, 3.63) is 58.6 Å². The fourth-order valence-corrected chi connectivity index (χ4v) is 2.86. The molecule has 0 aliphatic heterocycles. The van der Waals surface area contributed by atoms with E-state index in [1.807, 2.05) is 18.2 Å². The largest absolute Gasteiger partial charge is 0.482 e. The van der Waals surface area contributed by atoms with Crippen LogP contribution in [0.1, 0.15) is 50.7 Å². The minimum absolute atomic E-state index is 0.254. The summed E-state index contributed by atoms with van der Waals surface area (Å²) < 4.78 is 10.3. The van der Waals surface area contributed by atoms with Crippen LogP contribution in [0.25, 0.3) is 0 Å². The summed E-state index contributed by atoms with van der Waals surface area (Å²) in [6.07, 6.45) is 0. The molecule has 0 spiro atoms. The second-order valence-electron chi connectivity index (χ2n) is 7.07. The van der Waals surface area contributed by atoms with Gasteiger partial charge in [-0.3, -0.25) is 4.79 Å². The maximum absolute atomic E-state index is 12.3. The van der Waals surface area contributed by atoms with E-state index in [-0.39, 0.29) is 31.0 Å². The maximum Gasteiger partial charge on any atom is 0.344 e. The average molecular weight is 404 g/mol. The molecule has 2 aromatic carbocycles. The van der Waals surface area contributed by atoms with Crippen molar-refractivity contribution in [2.45, 2.75) is 39.5 Å². The molecule has 1 N–H and O–H groups in total. The van der Waals surface area contributed by atoms with Crippen LogP contribution in [0.2, 0.25) is 5.02 Å². The lowest BCUT2D eigenvalue weighted by Crippen LogP contribution is -2.24. The average Bonchev–Trinajstić information content (AvgIpc) is 2.65. The standard InChI is InChI=1S/C22H26ClNO4/c1-14(2)18-6-5-7-19(15(3)4)22(18)24-20(25)12-28-21(26)13-27-17-10-8-16(23)9-11-17/h5-11,14-15H,12-13H2,1-4H3,(H,24,25). The van der Waals surface area contributed by atoms with E-state index in [2.05, 4.69) is 33.0 Å². The Morgan fingerprint density at radius 1 is 0.929 bits per heavy atom. The highest BCUT2D eigenvalue weighted by molar-refractivity contribution is 6.30. The molecule has 0 saturated heterocycles. The third-order valence-corrected chi connectivity index (χ3v) is 4.42. The summed E-state index contributed by atoms with van der Waals surface area (Å²) in [5.74, 6) is 0.00746. The van der Waals surface area contributed by atoms with Gasteiger partial charge in [-0.2, -0.15) is 0 Å². The lowest BCUT2D eigenvalue weighted by atomic mass is 9.92. The van der Waals surface area contributed by atoms with Gasteiger partial charge in [-0.05, 0) is 47.2 Å². The predicted octanol–water partition coefficient (Wildman–Crippen LogP) is 5.15. The number of rotatable bonds is 8. The van der Waals surface area contributed by atoms with Gasteiger partial charge >= 0.3 is 5.97 Å². The number of benzene rings is 2. The molecule has 0 bridgehead atoms. The molecule has 5 nitrogen and oxygen atoms in total. The molecule has 0 heterocycles. The molecule has 0 saturated carbocycles. The number of esters is 1. The van der Waals surface area contributed by atoms with Gasteiger partial charge in [0.2, 0.25) is 0 Å². The Morgan fingerprint density at radius 3 is 2.04 bits per heavy atom. The number of para-hydroxylation sites is 1. The number of nitrogens with one attached hydrogen (secondary N) is 1. The molecule has 0 unspecified atom stereocenters. The van der Waals surface area contributed by atoms with Crippen molar-refractivity contribution in [2.24, 2.45) is 0 Å². The Labute approximate surface area is 171 Å². The van der Waals surface area contributed by atoms with E-state index >= 15 is 0 Å². The normalized spacial score (nSPS) is 10.8. The van der Waals surface area contributed by atoms with Crippen molar-refractivity contribution in [3.63, 3.8) is 0 Å².